The number of aromatic nitrogens is 2. The second-order valence-electron chi connectivity index (χ2n) is 8.33. The summed E-state index contributed by atoms with van der Waals surface area (Å²) in [7, 11) is 1.38. The van der Waals surface area contributed by atoms with Gasteiger partial charge in [-0.05, 0) is 55.3 Å². The van der Waals surface area contributed by atoms with E-state index in [1.807, 2.05) is 30.3 Å². The summed E-state index contributed by atoms with van der Waals surface area (Å²) in [6.45, 7) is 3.38. The second-order valence-corrected chi connectivity index (χ2v) is 8.33. The van der Waals surface area contributed by atoms with Crippen LogP contribution in [0.15, 0.2) is 77.0 Å². The van der Waals surface area contributed by atoms with Gasteiger partial charge in [0.2, 0.25) is 5.82 Å². The molecule has 1 atom stereocenters. The van der Waals surface area contributed by atoms with Gasteiger partial charge in [-0.15, -0.1) is 0 Å². The molecule has 0 radical (unpaired) electrons. The lowest BCUT2D eigenvalue weighted by Gasteiger charge is -2.35. The average molecular weight is 488 g/mol. The van der Waals surface area contributed by atoms with E-state index in [1.165, 1.54) is 30.2 Å². The zero-order chi connectivity index (χ0) is 25.4. The largest absolute Gasteiger partial charge is 0.494 e. The molecular weight excluding hydrogens is 466 g/mol. The highest BCUT2D eigenvalue weighted by atomic mass is 19.1. The van der Waals surface area contributed by atoms with E-state index in [4.69, 9.17) is 9.26 Å². The van der Waals surface area contributed by atoms with Gasteiger partial charge in [-0.3, -0.25) is 4.90 Å². The maximum atomic E-state index is 14.4. The molecule has 1 aliphatic heterocycles. The van der Waals surface area contributed by atoms with Gasteiger partial charge in [0.15, 0.2) is 11.6 Å². The second kappa shape index (κ2) is 9.26. The number of hydrogen-bond donors (Lipinski definition) is 1. The van der Waals surface area contributed by atoms with Crippen LogP contribution in [0.4, 0.5) is 19.3 Å². The predicted molar refractivity (Wildman–Crippen MR) is 130 cm³/mol. The molecule has 7 nitrogen and oxygen atoms in total. The molecular formula is C27H22F2N4O3. The number of amides is 2. The Labute approximate surface area is 206 Å². The quantitative estimate of drug-likeness (QED) is 0.371. The number of ether oxygens (including phenoxy) is 1. The highest BCUT2D eigenvalue weighted by molar-refractivity contribution is 6.01. The number of benzene rings is 3. The zero-order valence-corrected chi connectivity index (χ0v) is 19.8. The van der Waals surface area contributed by atoms with Crippen LogP contribution >= 0.6 is 0 Å². The molecule has 0 saturated carbocycles. The highest BCUT2D eigenvalue weighted by Gasteiger charge is 2.36. The molecule has 0 spiro atoms. The number of carbonyl (C=O) groups is 1. The number of nitrogens with one attached hydrogen (secondary N) is 1. The van der Waals surface area contributed by atoms with Gasteiger partial charge in [0, 0.05) is 11.3 Å². The van der Waals surface area contributed by atoms with Crippen molar-refractivity contribution in [3.05, 3.63) is 101 Å². The van der Waals surface area contributed by atoms with E-state index in [-0.39, 0.29) is 17.5 Å². The van der Waals surface area contributed by atoms with Crippen molar-refractivity contribution in [2.75, 3.05) is 12.0 Å². The number of hydrogen-bond acceptors (Lipinski definition) is 5. The van der Waals surface area contributed by atoms with E-state index in [2.05, 4.69) is 15.5 Å². The summed E-state index contributed by atoms with van der Waals surface area (Å²) >= 11 is 0. The smallest absolute Gasteiger partial charge is 0.327 e. The third kappa shape index (κ3) is 4.08. The Kier molecular flexibility index (Phi) is 5.97. The molecule has 36 heavy (non-hydrogen) atoms. The van der Waals surface area contributed by atoms with E-state index in [0.29, 0.717) is 28.1 Å². The number of nitrogens with zero attached hydrogens (tertiary/aromatic N) is 3. The maximum Gasteiger partial charge on any atom is 0.327 e. The molecule has 0 saturated heterocycles. The normalized spacial score (nSPS) is 15.8. The topological polar surface area (TPSA) is 80.5 Å². The van der Waals surface area contributed by atoms with Crippen molar-refractivity contribution in [3.8, 4) is 17.1 Å². The minimum Gasteiger partial charge on any atom is -0.494 e. The molecule has 2 heterocycles. The van der Waals surface area contributed by atoms with Crippen LogP contribution < -0.4 is 15.0 Å². The van der Waals surface area contributed by atoms with Gasteiger partial charge < -0.3 is 14.6 Å². The predicted octanol–water partition coefficient (Wildman–Crippen LogP) is 6.03. The minimum atomic E-state index is -0.605. The maximum absolute atomic E-state index is 14.4. The van der Waals surface area contributed by atoms with E-state index in [9.17, 15) is 13.6 Å². The molecule has 2 amide bonds. The molecule has 0 fully saturated rings. The van der Waals surface area contributed by atoms with Crippen LogP contribution in [0.5, 0.6) is 5.75 Å². The number of anilines is 1. The van der Waals surface area contributed by atoms with E-state index in [1.54, 1.807) is 32.0 Å². The van der Waals surface area contributed by atoms with Gasteiger partial charge >= 0.3 is 6.03 Å². The lowest BCUT2D eigenvalue weighted by molar-refractivity contribution is 0.244. The van der Waals surface area contributed by atoms with Crippen LogP contribution in [0.3, 0.4) is 0 Å². The molecule has 1 aromatic heterocycles. The fraction of sp³-hybridized carbons (Fsp3) is 0.148. The first-order chi connectivity index (χ1) is 17.4. The Morgan fingerprint density at radius 2 is 1.78 bits per heavy atom. The number of allylic oxidation sites excluding steroid dienone is 1. The van der Waals surface area contributed by atoms with Crippen LogP contribution in [-0.2, 0) is 0 Å². The molecule has 0 aliphatic carbocycles. The third-order valence-electron chi connectivity index (χ3n) is 6.10. The van der Waals surface area contributed by atoms with E-state index in [0.717, 1.165) is 5.56 Å². The van der Waals surface area contributed by atoms with Gasteiger partial charge in [0.25, 0.3) is 5.89 Å². The molecule has 182 valence electrons. The Morgan fingerprint density at radius 3 is 2.47 bits per heavy atom. The van der Waals surface area contributed by atoms with Crippen LogP contribution in [-0.4, -0.2) is 23.3 Å². The summed E-state index contributed by atoms with van der Waals surface area (Å²) < 4.78 is 39.2. The fourth-order valence-electron chi connectivity index (χ4n) is 4.20. The van der Waals surface area contributed by atoms with Crippen molar-refractivity contribution in [2.24, 2.45) is 0 Å². The van der Waals surface area contributed by atoms with E-state index >= 15 is 0 Å². The monoisotopic (exact) mass is 488 g/mol. The van der Waals surface area contributed by atoms with Gasteiger partial charge in [-0.1, -0.05) is 41.6 Å². The summed E-state index contributed by atoms with van der Waals surface area (Å²) in [4.78, 5) is 19.1. The molecule has 1 unspecified atom stereocenters. The number of carbonyl (C=O) groups excluding carboxylic acids is 1. The zero-order valence-electron chi connectivity index (χ0n) is 19.8. The van der Waals surface area contributed by atoms with Crippen molar-refractivity contribution in [3.63, 3.8) is 0 Å². The van der Waals surface area contributed by atoms with Gasteiger partial charge in [0.05, 0.1) is 24.4 Å². The molecule has 0 bridgehead atoms. The standard InChI is InChI=1S/C27H22F2N4O3/c1-15-9-11-19(14-20(15)28)33-16(2)23(24(30-27(33)34)17-7-5-4-6-8-17)26-31-25(32-36-26)18-10-12-22(35-3)21(29)13-18/h4-14,24H,1-3H3,(H,30,34). The van der Waals surface area contributed by atoms with Crippen LogP contribution in [0, 0.1) is 18.6 Å². The Bertz CT molecular complexity index is 1480. The van der Waals surface area contributed by atoms with Crippen molar-refractivity contribution < 1.29 is 22.8 Å². The molecule has 5 rings (SSSR count). The first-order valence-electron chi connectivity index (χ1n) is 11.2. The lowest BCUT2D eigenvalue weighted by atomic mass is 9.94. The first-order valence-corrected chi connectivity index (χ1v) is 11.2. The van der Waals surface area contributed by atoms with E-state index < -0.39 is 23.7 Å². The summed E-state index contributed by atoms with van der Waals surface area (Å²) in [5.74, 6) is -0.576. The van der Waals surface area contributed by atoms with Crippen LogP contribution in [0.25, 0.3) is 17.0 Å². The number of halogens is 2. The van der Waals surface area contributed by atoms with Crippen LogP contribution in [0.2, 0.25) is 0 Å². The third-order valence-corrected chi connectivity index (χ3v) is 6.10. The highest BCUT2D eigenvalue weighted by Crippen LogP contribution is 2.39. The fourth-order valence-corrected chi connectivity index (χ4v) is 4.20. The minimum absolute atomic E-state index is 0.0983. The summed E-state index contributed by atoms with van der Waals surface area (Å²) in [5, 5.41) is 7.01. The Hall–Kier alpha value is -4.53. The van der Waals surface area contributed by atoms with Gasteiger partial charge in [-0.2, -0.15) is 4.98 Å². The number of urea groups is 1. The molecule has 1 N–H and O–H groups in total. The number of aryl methyl sites for hydroxylation is 1. The van der Waals surface area contributed by atoms with Crippen molar-refractivity contribution in [1.29, 1.82) is 0 Å². The van der Waals surface area contributed by atoms with Crippen molar-refractivity contribution in [2.45, 2.75) is 19.9 Å². The molecule has 1 aliphatic rings. The molecule has 4 aromatic rings. The van der Waals surface area contributed by atoms with Gasteiger partial charge in [-0.25, -0.2) is 13.6 Å². The summed E-state index contributed by atoms with van der Waals surface area (Å²) in [5.41, 5.74) is 3.05. The van der Waals surface area contributed by atoms with Crippen LogP contribution in [0.1, 0.15) is 30.0 Å². The molecule has 9 heteroatoms. The SMILES string of the molecule is COc1ccc(-c2noc(C3=C(C)N(c4ccc(C)c(F)c4)C(=O)NC3c3ccccc3)n2)cc1F. The van der Waals surface area contributed by atoms with Gasteiger partial charge in [0.1, 0.15) is 5.82 Å². The summed E-state index contributed by atoms with van der Waals surface area (Å²) in [6.07, 6.45) is 0. The Morgan fingerprint density at radius 1 is 1.00 bits per heavy atom. The Balaban J connectivity index is 1.64. The van der Waals surface area contributed by atoms with Crippen molar-refractivity contribution in [1.82, 2.24) is 15.5 Å². The number of rotatable bonds is 5. The lowest BCUT2D eigenvalue weighted by Crippen LogP contribution is -2.46. The van der Waals surface area contributed by atoms with Crippen molar-refractivity contribution >= 4 is 17.3 Å². The average Bonchev–Trinajstić information content (AvgIpc) is 3.36. The summed E-state index contributed by atoms with van der Waals surface area (Å²) in [6, 6.07) is 17.2. The number of methoxy groups -OCH3 is 1. The molecule has 3 aromatic carbocycles. The first kappa shape index (κ1) is 23.2.